The third kappa shape index (κ3) is 8.61. The Kier molecular flexibility index (Phi) is 11.8. The number of hydrogen-bond donors (Lipinski definition) is 1. The number of benzene rings is 1. The van der Waals surface area contributed by atoms with Gasteiger partial charge in [0, 0.05) is 58.5 Å². The first-order valence-electron chi connectivity index (χ1n) is 10.6. The van der Waals surface area contributed by atoms with E-state index < -0.39 is 0 Å². The third-order valence-corrected chi connectivity index (χ3v) is 4.95. The fourth-order valence-corrected chi connectivity index (χ4v) is 3.36. The highest BCUT2D eigenvalue weighted by Gasteiger charge is 2.20. The summed E-state index contributed by atoms with van der Waals surface area (Å²) in [6.07, 6.45) is 3.70. The van der Waals surface area contributed by atoms with Crippen LogP contribution in [-0.2, 0) is 17.9 Å². The summed E-state index contributed by atoms with van der Waals surface area (Å²) in [5.74, 6) is 1.03. The average Bonchev–Trinajstić information content (AvgIpc) is 3.27. The van der Waals surface area contributed by atoms with Gasteiger partial charge in [0.2, 0.25) is 0 Å². The van der Waals surface area contributed by atoms with Gasteiger partial charge >= 0.3 is 0 Å². The van der Waals surface area contributed by atoms with E-state index in [1.165, 1.54) is 5.56 Å². The first-order valence-corrected chi connectivity index (χ1v) is 10.6. The number of rotatable bonds is 10. The topological polar surface area (TPSA) is 66.1 Å². The summed E-state index contributed by atoms with van der Waals surface area (Å²) in [4.78, 5) is 9.58. The van der Waals surface area contributed by atoms with Crippen LogP contribution in [0.5, 0.6) is 0 Å². The van der Waals surface area contributed by atoms with Crippen molar-refractivity contribution in [3.8, 4) is 0 Å². The number of aliphatic imine (C=N–C) groups is 1. The molecule has 1 saturated heterocycles. The molecule has 2 heterocycles. The SMILES string of the molecule is CCNC(=NCCCCOCc1ccccc1)N1CCN(Cc2ccon2)CC1.I. The maximum atomic E-state index is 5.75. The standard InChI is InChI=1S/C22H33N5O2.HI/c1-2-23-22(24-11-6-7-16-28-19-20-8-4-3-5-9-20)27-14-12-26(13-15-27)18-21-10-17-29-25-21;/h3-5,8-10,17H,2,6-7,11-16,18-19H2,1H3,(H,23,24);1H. The molecule has 0 atom stereocenters. The Bertz CT molecular complexity index is 704. The molecule has 1 aromatic heterocycles. The molecule has 0 radical (unpaired) electrons. The van der Waals surface area contributed by atoms with E-state index in [0.29, 0.717) is 6.61 Å². The molecule has 0 saturated carbocycles. The van der Waals surface area contributed by atoms with Crippen molar-refractivity contribution in [3.63, 3.8) is 0 Å². The van der Waals surface area contributed by atoms with E-state index in [4.69, 9.17) is 14.3 Å². The summed E-state index contributed by atoms with van der Waals surface area (Å²) in [6, 6.07) is 12.2. The van der Waals surface area contributed by atoms with Gasteiger partial charge in [-0.15, -0.1) is 24.0 Å². The van der Waals surface area contributed by atoms with E-state index in [1.54, 1.807) is 6.26 Å². The smallest absolute Gasteiger partial charge is 0.194 e. The second-order valence-electron chi connectivity index (χ2n) is 7.23. The van der Waals surface area contributed by atoms with Gasteiger partial charge in [-0.3, -0.25) is 9.89 Å². The van der Waals surface area contributed by atoms with Crippen LogP contribution in [0.25, 0.3) is 0 Å². The number of nitrogens with zero attached hydrogens (tertiary/aromatic N) is 4. The second-order valence-corrected chi connectivity index (χ2v) is 7.23. The van der Waals surface area contributed by atoms with E-state index >= 15 is 0 Å². The highest BCUT2D eigenvalue weighted by atomic mass is 127. The second kappa shape index (κ2) is 14.4. The molecule has 1 aliphatic rings. The maximum Gasteiger partial charge on any atom is 0.194 e. The Morgan fingerprint density at radius 2 is 1.93 bits per heavy atom. The van der Waals surface area contributed by atoms with Gasteiger partial charge in [-0.2, -0.15) is 0 Å². The van der Waals surface area contributed by atoms with Gasteiger partial charge in [0.1, 0.15) is 6.26 Å². The summed E-state index contributed by atoms with van der Waals surface area (Å²) < 4.78 is 10.7. The van der Waals surface area contributed by atoms with E-state index in [1.807, 2.05) is 24.3 Å². The van der Waals surface area contributed by atoms with Gasteiger partial charge in [-0.05, 0) is 25.3 Å². The van der Waals surface area contributed by atoms with Crippen molar-refractivity contribution in [2.75, 3.05) is 45.9 Å². The number of ether oxygens (including phenoxy) is 1. The Morgan fingerprint density at radius 1 is 1.13 bits per heavy atom. The summed E-state index contributed by atoms with van der Waals surface area (Å²) in [5, 5.41) is 7.44. The zero-order valence-electron chi connectivity index (χ0n) is 17.8. The van der Waals surface area contributed by atoms with Crippen LogP contribution in [0, 0.1) is 0 Å². The fraction of sp³-hybridized carbons (Fsp3) is 0.545. The van der Waals surface area contributed by atoms with Crippen molar-refractivity contribution in [3.05, 3.63) is 53.9 Å². The van der Waals surface area contributed by atoms with Gasteiger partial charge in [-0.25, -0.2) is 0 Å². The number of nitrogens with one attached hydrogen (secondary N) is 1. The number of halogens is 1. The molecule has 8 heteroatoms. The quantitative estimate of drug-likeness (QED) is 0.221. The molecule has 0 spiro atoms. The molecule has 1 aromatic carbocycles. The van der Waals surface area contributed by atoms with E-state index in [9.17, 15) is 0 Å². The Hall–Kier alpha value is -1.65. The molecule has 0 aliphatic carbocycles. The summed E-state index contributed by atoms with van der Waals surface area (Å²) >= 11 is 0. The number of hydrogen-bond acceptors (Lipinski definition) is 5. The number of aromatic nitrogens is 1. The first-order chi connectivity index (χ1) is 14.3. The fourth-order valence-electron chi connectivity index (χ4n) is 3.36. The van der Waals surface area contributed by atoms with Crippen LogP contribution in [-0.4, -0.2) is 66.8 Å². The van der Waals surface area contributed by atoms with Gasteiger partial charge in [0.25, 0.3) is 0 Å². The third-order valence-electron chi connectivity index (χ3n) is 4.95. The molecule has 7 nitrogen and oxygen atoms in total. The van der Waals surface area contributed by atoms with Crippen LogP contribution >= 0.6 is 24.0 Å². The van der Waals surface area contributed by atoms with Crippen LogP contribution in [0.4, 0.5) is 0 Å². The highest BCUT2D eigenvalue weighted by Crippen LogP contribution is 2.08. The van der Waals surface area contributed by atoms with E-state index in [0.717, 1.165) is 76.9 Å². The van der Waals surface area contributed by atoms with Gasteiger partial charge < -0.3 is 19.5 Å². The minimum Gasteiger partial charge on any atom is -0.377 e. The van der Waals surface area contributed by atoms with Crippen LogP contribution in [0.3, 0.4) is 0 Å². The lowest BCUT2D eigenvalue weighted by atomic mass is 10.2. The van der Waals surface area contributed by atoms with Crippen molar-refractivity contribution in [2.24, 2.45) is 4.99 Å². The zero-order valence-corrected chi connectivity index (χ0v) is 20.2. The molecular weight excluding hydrogens is 493 g/mol. The molecule has 30 heavy (non-hydrogen) atoms. The van der Waals surface area contributed by atoms with Crippen LogP contribution in [0.15, 0.2) is 52.2 Å². The lowest BCUT2D eigenvalue weighted by Crippen LogP contribution is -2.52. The van der Waals surface area contributed by atoms with Crippen molar-refractivity contribution in [1.29, 1.82) is 0 Å². The van der Waals surface area contributed by atoms with Crippen molar-refractivity contribution in [1.82, 2.24) is 20.3 Å². The lowest BCUT2D eigenvalue weighted by molar-refractivity contribution is 0.117. The largest absolute Gasteiger partial charge is 0.377 e. The first kappa shape index (κ1) is 24.6. The molecule has 1 fully saturated rings. The maximum absolute atomic E-state index is 5.75. The monoisotopic (exact) mass is 527 g/mol. The van der Waals surface area contributed by atoms with Gasteiger partial charge in [-0.1, -0.05) is 35.5 Å². The Morgan fingerprint density at radius 3 is 2.63 bits per heavy atom. The summed E-state index contributed by atoms with van der Waals surface area (Å²) in [7, 11) is 0. The summed E-state index contributed by atoms with van der Waals surface area (Å²) in [5.41, 5.74) is 2.22. The van der Waals surface area contributed by atoms with E-state index in [2.05, 4.69) is 39.3 Å². The minimum atomic E-state index is 0. The zero-order chi connectivity index (χ0) is 20.2. The Balaban J connectivity index is 0.00000320. The van der Waals surface area contributed by atoms with E-state index in [-0.39, 0.29) is 24.0 Å². The average molecular weight is 527 g/mol. The molecule has 1 aliphatic heterocycles. The highest BCUT2D eigenvalue weighted by molar-refractivity contribution is 14.0. The molecule has 0 bridgehead atoms. The van der Waals surface area contributed by atoms with Crippen molar-refractivity contribution < 1.29 is 9.26 Å². The van der Waals surface area contributed by atoms with Crippen LogP contribution in [0.1, 0.15) is 31.0 Å². The van der Waals surface area contributed by atoms with Gasteiger partial charge in [0.15, 0.2) is 5.96 Å². The lowest BCUT2D eigenvalue weighted by Gasteiger charge is -2.36. The van der Waals surface area contributed by atoms with Crippen LogP contribution < -0.4 is 5.32 Å². The predicted molar refractivity (Wildman–Crippen MR) is 130 cm³/mol. The molecule has 0 unspecified atom stereocenters. The minimum absolute atomic E-state index is 0. The molecule has 166 valence electrons. The van der Waals surface area contributed by atoms with Crippen LogP contribution in [0.2, 0.25) is 0 Å². The van der Waals surface area contributed by atoms with Crippen molar-refractivity contribution >= 4 is 29.9 Å². The Labute approximate surface area is 196 Å². The normalized spacial score (nSPS) is 15.1. The predicted octanol–water partition coefficient (Wildman–Crippen LogP) is 3.37. The molecule has 0 amide bonds. The van der Waals surface area contributed by atoms with Crippen molar-refractivity contribution in [2.45, 2.75) is 32.9 Å². The molecule has 3 rings (SSSR count). The summed E-state index contributed by atoms with van der Waals surface area (Å²) in [6.45, 7) is 10.1. The number of piperazine rings is 1. The molecular formula is C22H34IN5O2. The van der Waals surface area contributed by atoms with Gasteiger partial charge in [0.05, 0.1) is 12.3 Å². The number of guanidine groups is 1. The molecule has 2 aromatic rings. The number of unbranched alkanes of at least 4 members (excludes halogenated alkanes) is 1. The molecule has 1 N–H and O–H groups in total.